The third-order valence-corrected chi connectivity index (χ3v) is 24.7. The first-order valence-corrected chi connectivity index (χ1v) is 28.3. The largest absolute Gasteiger partial charge is 0.316 e. The number of hydrogen-bond donors (Lipinski definition) is 0. The van der Waals surface area contributed by atoms with E-state index in [1.54, 1.807) is 0 Å². The van der Waals surface area contributed by atoms with Crippen LogP contribution < -0.4 is 51.3 Å². The van der Waals surface area contributed by atoms with Crippen molar-refractivity contribution in [3.05, 3.63) is 267 Å². The molecule has 0 fully saturated rings. The lowest BCUT2D eigenvalue weighted by molar-refractivity contribution is 1.28. The second-order valence-corrected chi connectivity index (χ2v) is 25.9. The highest BCUT2D eigenvalue weighted by molar-refractivity contribution is 7.22. The van der Waals surface area contributed by atoms with E-state index in [2.05, 4.69) is 277 Å². The smallest absolute Gasteiger partial charge is 0.173 e. The Hall–Kier alpha value is -8.21. The molecular formula is C62H44N4SSi2-2. The fourth-order valence-corrected chi connectivity index (χ4v) is 22.2. The van der Waals surface area contributed by atoms with Crippen molar-refractivity contribution in [2.45, 2.75) is 0 Å². The van der Waals surface area contributed by atoms with E-state index in [-0.39, 0.29) is 0 Å². The predicted molar refractivity (Wildman–Crippen MR) is 294 cm³/mol. The van der Waals surface area contributed by atoms with Gasteiger partial charge in [0.2, 0.25) is 0 Å². The summed E-state index contributed by atoms with van der Waals surface area (Å²) in [6.07, 6.45) is 0. The number of hydrogen-bond acceptors (Lipinski definition) is 5. The third-order valence-electron chi connectivity index (χ3n) is 14.2. The van der Waals surface area contributed by atoms with Crippen molar-refractivity contribution in [3.8, 4) is 22.0 Å². The number of nitrogens with zero attached hydrogens (tertiary/aromatic N) is 4. The van der Waals surface area contributed by atoms with Gasteiger partial charge >= 0.3 is 0 Å². The Labute approximate surface area is 408 Å². The summed E-state index contributed by atoms with van der Waals surface area (Å²) in [6.45, 7) is 0. The molecule has 0 spiro atoms. The molecule has 0 atom stereocenters. The Kier molecular flexibility index (Phi) is 10.0. The van der Waals surface area contributed by atoms with Gasteiger partial charge in [0.05, 0.1) is 0 Å². The molecular weight excluding hydrogens is 889 g/mol. The minimum absolute atomic E-state index is 0.728. The van der Waals surface area contributed by atoms with Crippen LogP contribution in [0.2, 0.25) is 0 Å². The van der Waals surface area contributed by atoms with Crippen molar-refractivity contribution in [1.29, 1.82) is 0 Å². The molecule has 328 valence electrons. The van der Waals surface area contributed by atoms with Crippen LogP contribution >= 0.6 is 11.5 Å². The van der Waals surface area contributed by atoms with Gasteiger partial charge in [-0.05, 0) is 100 Å². The molecule has 2 aliphatic rings. The van der Waals surface area contributed by atoms with Crippen molar-refractivity contribution < 1.29 is 0 Å². The second-order valence-electron chi connectivity index (χ2n) is 17.7. The van der Waals surface area contributed by atoms with Crippen molar-refractivity contribution in [2.75, 3.05) is 9.80 Å². The lowest BCUT2D eigenvalue weighted by Gasteiger charge is -2.54. The van der Waals surface area contributed by atoms with Gasteiger partial charge in [-0.25, -0.2) is 4.98 Å². The van der Waals surface area contributed by atoms with E-state index in [9.17, 15) is 0 Å². The molecule has 0 aliphatic carbocycles. The Bertz CT molecular complexity index is 3210. The van der Waals surface area contributed by atoms with Gasteiger partial charge in [-0.3, -0.25) is 0 Å². The Balaban J connectivity index is 0.837. The van der Waals surface area contributed by atoms with Crippen molar-refractivity contribution in [3.63, 3.8) is 0 Å². The summed E-state index contributed by atoms with van der Waals surface area (Å²) in [5, 5.41) is 11.9. The molecule has 3 heterocycles. The molecule has 4 nitrogen and oxygen atoms in total. The summed E-state index contributed by atoms with van der Waals surface area (Å²) < 4.78 is 4.93. The average molecular weight is 933 g/mol. The van der Waals surface area contributed by atoms with Crippen LogP contribution in [0.15, 0.2) is 267 Å². The van der Waals surface area contributed by atoms with Crippen LogP contribution in [0.25, 0.3) is 22.0 Å². The van der Waals surface area contributed by atoms with Gasteiger partial charge in [0.1, 0.15) is 5.01 Å². The van der Waals surface area contributed by atoms with E-state index in [0.717, 1.165) is 33.3 Å². The molecule has 1 aromatic heterocycles. The van der Waals surface area contributed by atoms with Gasteiger partial charge < -0.3 is 9.80 Å². The maximum Gasteiger partial charge on any atom is 0.173 e. The van der Waals surface area contributed by atoms with Gasteiger partial charge in [-0.15, -0.1) is 20.7 Å². The van der Waals surface area contributed by atoms with E-state index in [4.69, 9.17) is 9.36 Å². The fourth-order valence-electron chi connectivity index (χ4n) is 11.3. The summed E-state index contributed by atoms with van der Waals surface area (Å²) in [6, 6.07) is 98.4. The second kappa shape index (κ2) is 16.8. The highest BCUT2D eigenvalue weighted by Crippen LogP contribution is 2.41. The van der Waals surface area contributed by atoms with Gasteiger partial charge in [0.25, 0.3) is 0 Å². The maximum atomic E-state index is 5.14. The van der Waals surface area contributed by atoms with E-state index in [1.165, 1.54) is 75.8 Å². The number of rotatable bonds is 8. The lowest BCUT2D eigenvalue weighted by Crippen LogP contribution is -2.77. The first-order valence-electron chi connectivity index (χ1n) is 23.5. The van der Waals surface area contributed by atoms with Crippen molar-refractivity contribution in [2.24, 2.45) is 0 Å². The van der Waals surface area contributed by atoms with Gasteiger partial charge in [-0.1, -0.05) is 194 Å². The first-order chi connectivity index (χ1) is 34.2. The van der Waals surface area contributed by atoms with Crippen LogP contribution in [0.3, 0.4) is 0 Å². The molecule has 0 amide bonds. The van der Waals surface area contributed by atoms with Crippen LogP contribution in [0.4, 0.5) is 34.1 Å². The molecule has 0 saturated heterocycles. The van der Waals surface area contributed by atoms with E-state index < -0.39 is 16.1 Å². The number of benzene rings is 10. The summed E-state index contributed by atoms with van der Waals surface area (Å²) in [5.74, 6) is 0.728. The molecule has 10 aromatic carbocycles. The highest BCUT2D eigenvalue weighted by atomic mass is 32.1. The standard InChI is InChI=1S/C62H44N4SSi2/c1-5-21-49(22-6-1)68(50-23-7-2-8-24-50)57-33-17-13-29-53(57)65(54-30-14-18-34-58(54)68)47-41-37-45(38-42-47)61-63-62(67-64-61)46-39-43-48(44-40-46)66-55-31-15-19-35-59(55)69(51-25-9-3-10-26-51,52-27-11-4-12-28-52)60-36-20-16-32-56(60)66/h1-44H/q-2. The Morgan fingerprint density at radius 1 is 0.290 bits per heavy atom. The minimum atomic E-state index is -2.68. The van der Waals surface area contributed by atoms with Gasteiger partial charge in [0, 0.05) is 45.3 Å². The Morgan fingerprint density at radius 3 is 0.913 bits per heavy atom. The zero-order valence-electron chi connectivity index (χ0n) is 37.6. The molecule has 0 unspecified atom stereocenters. The normalized spacial score (nSPS) is 14.0. The van der Waals surface area contributed by atoms with Crippen LogP contribution in [0, 0.1) is 0 Å². The quantitative estimate of drug-likeness (QED) is 0.142. The van der Waals surface area contributed by atoms with Gasteiger partial charge in [0.15, 0.2) is 5.82 Å². The first kappa shape index (κ1) is 41.0. The van der Waals surface area contributed by atoms with Crippen LogP contribution in [0.5, 0.6) is 0 Å². The van der Waals surface area contributed by atoms with Crippen molar-refractivity contribution in [1.82, 2.24) is 9.36 Å². The van der Waals surface area contributed by atoms with Crippen molar-refractivity contribution >= 4 is 103 Å². The van der Waals surface area contributed by atoms with Crippen LogP contribution in [0.1, 0.15) is 0 Å². The molecule has 13 rings (SSSR count). The minimum Gasteiger partial charge on any atom is -0.316 e. The van der Waals surface area contributed by atoms with Crippen LogP contribution in [-0.4, -0.2) is 25.5 Å². The Morgan fingerprint density at radius 2 is 0.580 bits per heavy atom. The lowest BCUT2D eigenvalue weighted by atomic mass is 10.1. The average Bonchev–Trinajstić information content (AvgIpc) is 3.94. The molecule has 0 radical (unpaired) electrons. The SMILES string of the molecule is c1ccc([Si-]2(c3ccccc3)c3ccccc3N(c3ccc(-c4nsc(-c5ccc(N6c7ccccc7[Si-](c7ccccc7)(c7ccccc7)c7ccccc76)cc5)n4)cc3)c3ccccc32)cc1. The summed E-state index contributed by atoms with van der Waals surface area (Å²) >= 11 is 1.45. The van der Waals surface area contributed by atoms with E-state index in [1.807, 2.05) is 0 Å². The molecule has 2 aliphatic heterocycles. The molecule has 0 bridgehead atoms. The monoisotopic (exact) mass is 932 g/mol. The van der Waals surface area contributed by atoms with E-state index >= 15 is 0 Å². The summed E-state index contributed by atoms with van der Waals surface area (Å²) in [4.78, 5) is 10.0. The van der Waals surface area contributed by atoms with E-state index in [0.29, 0.717) is 0 Å². The van der Waals surface area contributed by atoms with Gasteiger partial charge in [-0.2, -0.15) is 25.1 Å². The fraction of sp³-hybridized carbons (Fsp3) is 0. The number of aromatic nitrogens is 2. The predicted octanol–water partition coefficient (Wildman–Crippen LogP) is 10.2. The van der Waals surface area contributed by atoms with Crippen LogP contribution in [-0.2, 0) is 0 Å². The highest BCUT2D eigenvalue weighted by Gasteiger charge is 2.39. The summed E-state index contributed by atoms with van der Waals surface area (Å²) in [7, 11) is -5.36. The molecule has 69 heavy (non-hydrogen) atoms. The zero-order valence-corrected chi connectivity index (χ0v) is 40.4. The topological polar surface area (TPSA) is 32.3 Å². The zero-order chi connectivity index (χ0) is 45.8. The number of fused-ring (bicyclic) bond motifs is 4. The summed E-state index contributed by atoms with van der Waals surface area (Å²) in [5.41, 5.74) is 9.10. The molecule has 11 aromatic rings. The number of anilines is 6. The molecule has 0 saturated carbocycles. The number of para-hydroxylation sites is 4. The molecule has 0 N–H and O–H groups in total. The molecule has 7 heteroatoms. The maximum absolute atomic E-state index is 5.14. The third kappa shape index (κ3) is 6.39.